The zero-order chi connectivity index (χ0) is 10.9. The minimum Gasteiger partial charge on any atom is -0.344 e. The molecule has 0 aliphatic heterocycles. The number of aromatic nitrogens is 2. The lowest BCUT2D eigenvalue weighted by atomic mass is 9.82. The average Bonchev–Trinajstić information content (AvgIpc) is 2.48. The Morgan fingerprint density at radius 2 is 1.93 bits per heavy atom. The maximum Gasteiger partial charge on any atom is 0.109 e. The molecule has 0 aliphatic carbocycles. The summed E-state index contributed by atoms with van der Waals surface area (Å²) in [5.41, 5.74) is 7.00. The number of rotatable bonds is 2. The van der Waals surface area contributed by atoms with Gasteiger partial charge in [-0.25, -0.2) is 4.98 Å². The van der Waals surface area contributed by atoms with Crippen molar-refractivity contribution in [3.05, 3.63) is 17.7 Å². The van der Waals surface area contributed by atoms with E-state index in [2.05, 4.69) is 37.7 Å². The molecular formula is C11H21N3. The highest BCUT2D eigenvalue weighted by Crippen LogP contribution is 2.32. The van der Waals surface area contributed by atoms with Gasteiger partial charge in [0.1, 0.15) is 5.82 Å². The smallest absolute Gasteiger partial charge is 0.109 e. The van der Waals surface area contributed by atoms with Crippen LogP contribution in [0.1, 0.15) is 58.1 Å². The van der Waals surface area contributed by atoms with E-state index in [1.807, 2.05) is 13.1 Å². The summed E-state index contributed by atoms with van der Waals surface area (Å²) >= 11 is 0. The first kappa shape index (κ1) is 11.2. The molecule has 0 fully saturated rings. The van der Waals surface area contributed by atoms with Crippen LogP contribution in [0.15, 0.2) is 6.20 Å². The Kier molecular flexibility index (Phi) is 3.00. The number of hydrogen-bond acceptors (Lipinski definition) is 2. The second-order valence-corrected chi connectivity index (χ2v) is 5.10. The van der Waals surface area contributed by atoms with Crippen molar-refractivity contribution < 1.29 is 0 Å². The van der Waals surface area contributed by atoms with Gasteiger partial charge < -0.3 is 10.7 Å². The lowest BCUT2D eigenvalue weighted by Gasteiger charge is -2.25. The van der Waals surface area contributed by atoms with Gasteiger partial charge >= 0.3 is 0 Å². The van der Waals surface area contributed by atoms with Crippen molar-refractivity contribution in [3.8, 4) is 0 Å². The highest BCUT2D eigenvalue weighted by atomic mass is 14.9. The van der Waals surface area contributed by atoms with Gasteiger partial charge in [0.2, 0.25) is 0 Å². The molecule has 2 atom stereocenters. The van der Waals surface area contributed by atoms with Crippen LogP contribution in [0, 0.1) is 5.41 Å². The van der Waals surface area contributed by atoms with Crippen molar-refractivity contribution in [3.63, 3.8) is 0 Å². The van der Waals surface area contributed by atoms with E-state index in [4.69, 9.17) is 5.73 Å². The van der Waals surface area contributed by atoms with E-state index in [9.17, 15) is 0 Å². The normalized spacial score (nSPS) is 16.7. The van der Waals surface area contributed by atoms with Crippen molar-refractivity contribution in [2.75, 3.05) is 0 Å². The molecule has 1 aromatic rings. The standard InChI is InChI=1S/C11H21N3/c1-7(11(3,4)5)10-13-6-9(14-10)8(2)12/h6-8H,12H2,1-5H3,(H,13,14). The highest BCUT2D eigenvalue weighted by Gasteiger charge is 2.24. The number of imidazole rings is 1. The zero-order valence-electron chi connectivity index (χ0n) is 9.76. The van der Waals surface area contributed by atoms with Crippen LogP contribution in [0.25, 0.3) is 0 Å². The predicted molar refractivity (Wildman–Crippen MR) is 59.1 cm³/mol. The molecule has 14 heavy (non-hydrogen) atoms. The summed E-state index contributed by atoms with van der Waals surface area (Å²) in [4.78, 5) is 7.65. The van der Waals surface area contributed by atoms with Crippen LogP contribution >= 0.6 is 0 Å². The van der Waals surface area contributed by atoms with Gasteiger partial charge in [-0.3, -0.25) is 0 Å². The molecule has 1 rings (SSSR count). The van der Waals surface area contributed by atoms with E-state index in [1.165, 1.54) is 0 Å². The molecule has 0 radical (unpaired) electrons. The van der Waals surface area contributed by atoms with Crippen LogP contribution in [-0.4, -0.2) is 9.97 Å². The summed E-state index contributed by atoms with van der Waals surface area (Å²) in [6.07, 6.45) is 1.84. The van der Waals surface area contributed by atoms with E-state index in [1.54, 1.807) is 0 Å². The molecule has 3 N–H and O–H groups in total. The van der Waals surface area contributed by atoms with Crippen molar-refractivity contribution in [2.45, 2.75) is 46.6 Å². The minimum atomic E-state index is 0.0309. The maximum absolute atomic E-state index is 5.76. The number of nitrogens with zero attached hydrogens (tertiary/aromatic N) is 1. The third-order valence-electron chi connectivity index (χ3n) is 2.81. The molecule has 0 spiro atoms. The molecular weight excluding hydrogens is 174 g/mol. The molecule has 0 saturated heterocycles. The number of hydrogen-bond donors (Lipinski definition) is 2. The van der Waals surface area contributed by atoms with Crippen molar-refractivity contribution in [2.24, 2.45) is 11.1 Å². The summed E-state index contributed by atoms with van der Waals surface area (Å²) < 4.78 is 0. The Hall–Kier alpha value is -0.830. The summed E-state index contributed by atoms with van der Waals surface area (Å²) in [7, 11) is 0. The fourth-order valence-corrected chi connectivity index (χ4v) is 1.21. The Balaban J connectivity index is 2.87. The van der Waals surface area contributed by atoms with Crippen LogP contribution < -0.4 is 5.73 Å². The topological polar surface area (TPSA) is 54.7 Å². The Morgan fingerprint density at radius 3 is 2.29 bits per heavy atom. The van der Waals surface area contributed by atoms with Crippen molar-refractivity contribution in [1.82, 2.24) is 9.97 Å². The van der Waals surface area contributed by atoms with Gasteiger partial charge in [0, 0.05) is 18.2 Å². The van der Waals surface area contributed by atoms with E-state index in [-0.39, 0.29) is 11.5 Å². The fourth-order valence-electron chi connectivity index (χ4n) is 1.21. The maximum atomic E-state index is 5.76. The van der Waals surface area contributed by atoms with Crippen LogP contribution in [0.3, 0.4) is 0 Å². The lowest BCUT2D eigenvalue weighted by molar-refractivity contribution is 0.329. The van der Waals surface area contributed by atoms with Crippen LogP contribution in [0.4, 0.5) is 0 Å². The molecule has 80 valence electrons. The SMILES string of the molecule is CC(N)c1cnc(C(C)C(C)(C)C)[nH]1. The molecule has 3 nitrogen and oxygen atoms in total. The zero-order valence-corrected chi connectivity index (χ0v) is 9.76. The molecule has 1 heterocycles. The van der Waals surface area contributed by atoms with Gasteiger partial charge in [-0.05, 0) is 12.3 Å². The van der Waals surface area contributed by atoms with E-state index >= 15 is 0 Å². The average molecular weight is 195 g/mol. The Morgan fingerprint density at radius 1 is 1.36 bits per heavy atom. The summed E-state index contributed by atoms with van der Waals surface area (Å²) in [5.74, 6) is 1.44. The van der Waals surface area contributed by atoms with Crippen LogP contribution in [0.5, 0.6) is 0 Å². The number of aromatic amines is 1. The molecule has 2 unspecified atom stereocenters. The quantitative estimate of drug-likeness (QED) is 0.762. The van der Waals surface area contributed by atoms with Gasteiger partial charge in [0.15, 0.2) is 0 Å². The molecule has 3 heteroatoms. The van der Waals surface area contributed by atoms with Crippen molar-refractivity contribution >= 4 is 0 Å². The number of nitrogens with two attached hydrogens (primary N) is 1. The van der Waals surface area contributed by atoms with Crippen molar-refractivity contribution in [1.29, 1.82) is 0 Å². The monoisotopic (exact) mass is 195 g/mol. The van der Waals surface area contributed by atoms with Gasteiger partial charge in [0.05, 0.1) is 5.69 Å². The van der Waals surface area contributed by atoms with E-state index < -0.39 is 0 Å². The summed E-state index contributed by atoms with van der Waals surface area (Å²) in [6.45, 7) is 10.8. The van der Waals surface area contributed by atoms with Crippen LogP contribution in [0.2, 0.25) is 0 Å². The van der Waals surface area contributed by atoms with E-state index in [0.29, 0.717) is 5.92 Å². The third kappa shape index (κ3) is 2.35. The van der Waals surface area contributed by atoms with Gasteiger partial charge in [-0.2, -0.15) is 0 Å². The molecule has 0 bridgehead atoms. The molecule has 0 amide bonds. The van der Waals surface area contributed by atoms with Crippen LogP contribution in [-0.2, 0) is 0 Å². The summed E-state index contributed by atoms with van der Waals surface area (Å²) in [5, 5.41) is 0. The molecule has 0 saturated carbocycles. The Labute approximate surface area is 86.1 Å². The molecule has 1 aromatic heterocycles. The predicted octanol–water partition coefficient (Wildman–Crippen LogP) is 2.58. The minimum absolute atomic E-state index is 0.0309. The second-order valence-electron chi connectivity index (χ2n) is 5.10. The lowest BCUT2D eigenvalue weighted by Crippen LogP contribution is -2.16. The first-order valence-corrected chi connectivity index (χ1v) is 5.12. The third-order valence-corrected chi connectivity index (χ3v) is 2.81. The highest BCUT2D eigenvalue weighted by molar-refractivity contribution is 5.09. The number of H-pyrrole nitrogens is 1. The first-order valence-electron chi connectivity index (χ1n) is 5.12. The molecule has 0 aromatic carbocycles. The Bertz CT molecular complexity index is 294. The molecule has 0 aliphatic rings. The second kappa shape index (κ2) is 3.73. The fraction of sp³-hybridized carbons (Fsp3) is 0.727. The van der Waals surface area contributed by atoms with E-state index in [0.717, 1.165) is 11.5 Å². The first-order chi connectivity index (χ1) is 6.32. The van der Waals surface area contributed by atoms with Gasteiger partial charge in [-0.1, -0.05) is 27.7 Å². The van der Waals surface area contributed by atoms with Gasteiger partial charge in [-0.15, -0.1) is 0 Å². The number of nitrogens with one attached hydrogen (secondary N) is 1. The van der Waals surface area contributed by atoms with Gasteiger partial charge in [0.25, 0.3) is 0 Å². The summed E-state index contributed by atoms with van der Waals surface area (Å²) in [6, 6.07) is 0.0309. The largest absolute Gasteiger partial charge is 0.344 e.